The lowest BCUT2D eigenvalue weighted by Gasteiger charge is -2.17. The maximum Gasteiger partial charge on any atom is 0.109 e. The number of nitrogens with one attached hydrogen (secondary N) is 1. The molecule has 2 atom stereocenters. The van der Waals surface area contributed by atoms with E-state index in [1.54, 1.807) is 22.7 Å². The first-order chi connectivity index (χ1) is 9.79. The summed E-state index contributed by atoms with van der Waals surface area (Å²) in [6.45, 7) is 3.54. The Balaban J connectivity index is 1.65. The molecule has 2 heterocycles. The van der Waals surface area contributed by atoms with E-state index in [0.717, 1.165) is 11.4 Å². The van der Waals surface area contributed by atoms with Crippen LogP contribution in [0.5, 0.6) is 0 Å². The van der Waals surface area contributed by atoms with Gasteiger partial charge in [0, 0.05) is 23.0 Å². The van der Waals surface area contributed by atoms with E-state index < -0.39 is 6.10 Å². The summed E-state index contributed by atoms with van der Waals surface area (Å²) in [6, 6.07) is 4.24. The Morgan fingerprint density at radius 1 is 1.40 bits per heavy atom. The average molecular weight is 312 g/mol. The molecule has 0 bridgehead atoms. The maximum absolute atomic E-state index is 9.92. The number of aromatic nitrogens is 1. The molecule has 0 saturated carbocycles. The Morgan fingerprint density at radius 3 is 2.95 bits per heavy atom. The Bertz CT molecular complexity index is 459. The minimum absolute atomic E-state index is 0.210. The highest BCUT2D eigenvalue weighted by molar-refractivity contribution is 7.10. The average Bonchev–Trinajstić information content (AvgIpc) is 3.12. The van der Waals surface area contributed by atoms with Crippen LogP contribution < -0.4 is 5.32 Å². The highest BCUT2D eigenvalue weighted by atomic mass is 32.1. The summed E-state index contributed by atoms with van der Waals surface area (Å²) in [5, 5.41) is 18.3. The quantitative estimate of drug-likeness (QED) is 0.747. The van der Waals surface area contributed by atoms with Crippen LogP contribution in [0.3, 0.4) is 0 Å². The van der Waals surface area contributed by atoms with Crippen LogP contribution in [0.2, 0.25) is 0 Å². The summed E-state index contributed by atoms with van der Waals surface area (Å²) < 4.78 is 5.50. The lowest BCUT2D eigenvalue weighted by Crippen LogP contribution is -2.32. The van der Waals surface area contributed by atoms with E-state index in [1.807, 2.05) is 29.1 Å². The van der Waals surface area contributed by atoms with E-state index in [-0.39, 0.29) is 6.04 Å². The van der Waals surface area contributed by atoms with Gasteiger partial charge in [0.2, 0.25) is 0 Å². The third-order valence-electron chi connectivity index (χ3n) is 2.89. The number of thiazole rings is 1. The smallest absolute Gasteiger partial charge is 0.109 e. The van der Waals surface area contributed by atoms with Crippen LogP contribution in [-0.2, 0) is 11.3 Å². The summed E-state index contributed by atoms with van der Waals surface area (Å²) in [5.74, 6) is 0. The van der Waals surface area contributed by atoms with Gasteiger partial charge in [0.05, 0.1) is 25.4 Å². The van der Waals surface area contributed by atoms with Crippen molar-refractivity contribution in [2.45, 2.75) is 32.1 Å². The molecule has 2 N–H and O–H groups in total. The standard InChI is InChI=1S/C14H20N2O2S2/c1-2-13(14-15-5-7-20-14)16-8-11(17)9-18-10-12-4-3-6-19-12/h3-7,11,13,16-17H,2,8-10H2,1H3. The highest BCUT2D eigenvalue weighted by Crippen LogP contribution is 2.18. The predicted octanol–water partition coefficient (Wildman–Crippen LogP) is 2.82. The van der Waals surface area contributed by atoms with E-state index in [1.165, 1.54) is 4.88 Å². The topological polar surface area (TPSA) is 54.4 Å². The number of ether oxygens (including phenoxy) is 1. The van der Waals surface area contributed by atoms with Gasteiger partial charge in [-0.25, -0.2) is 4.98 Å². The maximum atomic E-state index is 9.92. The minimum Gasteiger partial charge on any atom is -0.389 e. The molecule has 6 heteroatoms. The number of thiophene rings is 1. The zero-order valence-electron chi connectivity index (χ0n) is 11.5. The van der Waals surface area contributed by atoms with Crippen molar-refractivity contribution in [2.75, 3.05) is 13.2 Å². The predicted molar refractivity (Wildman–Crippen MR) is 83.1 cm³/mol. The molecule has 20 heavy (non-hydrogen) atoms. The Labute approximate surface area is 127 Å². The SMILES string of the molecule is CCC(NCC(O)COCc1cccs1)c1nccs1. The molecule has 0 radical (unpaired) electrons. The molecule has 0 aliphatic heterocycles. The number of aliphatic hydroxyl groups is 1. The van der Waals surface area contributed by atoms with Crippen molar-refractivity contribution in [2.24, 2.45) is 0 Å². The minimum atomic E-state index is -0.496. The van der Waals surface area contributed by atoms with Crippen molar-refractivity contribution < 1.29 is 9.84 Å². The van der Waals surface area contributed by atoms with E-state index in [4.69, 9.17) is 4.74 Å². The molecule has 0 aromatic carbocycles. The summed E-state index contributed by atoms with van der Waals surface area (Å²) in [4.78, 5) is 5.49. The van der Waals surface area contributed by atoms with Gasteiger partial charge in [-0.1, -0.05) is 13.0 Å². The summed E-state index contributed by atoms with van der Waals surface area (Å²) in [5.41, 5.74) is 0. The van der Waals surface area contributed by atoms with Crippen LogP contribution >= 0.6 is 22.7 Å². The third-order valence-corrected chi connectivity index (χ3v) is 4.63. The Kier molecular flexibility index (Phi) is 6.62. The van der Waals surface area contributed by atoms with E-state index in [2.05, 4.69) is 17.2 Å². The van der Waals surface area contributed by atoms with Crippen LogP contribution in [0, 0.1) is 0 Å². The monoisotopic (exact) mass is 312 g/mol. The number of nitrogens with zero attached hydrogens (tertiary/aromatic N) is 1. The van der Waals surface area contributed by atoms with Gasteiger partial charge in [0.1, 0.15) is 5.01 Å². The molecular formula is C14H20N2O2S2. The molecule has 2 aromatic heterocycles. The lowest BCUT2D eigenvalue weighted by atomic mass is 10.2. The second kappa shape index (κ2) is 8.49. The van der Waals surface area contributed by atoms with Crippen LogP contribution in [0.4, 0.5) is 0 Å². The molecule has 2 rings (SSSR count). The number of hydrogen-bond donors (Lipinski definition) is 2. The molecule has 2 unspecified atom stereocenters. The van der Waals surface area contributed by atoms with Crippen molar-refractivity contribution in [3.63, 3.8) is 0 Å². The van der Waals surface area contributed by atoms with Crippen molar-refractivity contribution >= 4 is 22.7 Å². The molecule has 110 valence electrons. The van der Waals surface area contributed by atoms with Crippen molar-refractivity contribution in [1.82, 2.24) is 10.3 Å². The highest BCUT2D eigenvalue weighted by Gasteiger charge is 2.13. The summed E-state index contributed by atoms with van der Waals surface area (Å²) in [6.07, 6.45) is 2.27. The fourth-order valence-electron chi connectivity index (χ4n) is 1.84. The Hall–Kier alpha value is -0.790. The normalized spacial score (nSPS) is 14.3. The van der Waals surface area contributed by atoms with Gasteiger partial charge in [0.15, 0.2) is 0 Å². The first-order valence-corrected chi connectivity index (χ1v) is 8.46. The van der Waals surface area contributed by atoms with Gasteiger partial charge < -0.3 is 15.2 Å². The van der Waals surface area contributed by atoms with E-state index in [9.17, 15) is 5.11 Å². The molecule has 4 nitrogen and oxygen atoms in total. The molecule has 0 fully saturated rings. The number of rotatable bonds is 9. The Morgan fingerprint density at radius 2 is 2.30 bits per heavy atom. The summed E-state index contributed by atoms with van der Waals surface area (Å²) in [7, 11) is 0. The van der Waals surface area contributed by atoms with Crippen molar-refractivity contribution in [3.8, 4) is 0 Å². The number of aliphatic hydroxyl groups excluding tert-OH is 1. The second-order valence-electron chi connectivity index (χ2n) is 4.49. The van der Waals surface area contributed by atoms with Gasteiger partial charge in [0.25, 0.3) is 0 Å². The van der Waals surface area contributed by atoms with Crippen molar-refractivity contribution in [1.29, 1.82) is 0 Å². The molecule has 0 amide bonds. The first kappa shape index (κ1) is 15.6. The fourth-order valence-corrected chi connectivity index (χ4v) is 3.28. The molecule has 0 spiro atoms. The van der Waals surface area contributed by atoms with Crippen LogP contribution in [-0.4, -0.2) is 29.3 Å². The number of hydrogen-bond acceptors (Lipinski definition) is 6. The fraction of sp³-hybridized carbons (Fsp3) is 0.500. The molecule has 0 saturated heterocycles. The van der Waals surface area contributed by atoms with Crippen LogP contribution in [0.1, 0.15) is 29.3 Å². The molecule has 2 aromatic rings. The first-order valence-electron chi connectivity index (χ1n) is 6.70. The van der Waals surface area contributed by atoms with E-state index in [0.29, 0.717) is 19.8 Å². The zero-order valence-corrected chi connectivity index (χ0v) is 13.1. The van der Waals surface area contributed by atoms with Gasteiger partial charge in [-0.15, -0.1) is 22.7 Å². The van der Waals surface area contributed by atoms with E-state index >= 15 is 0 Å². The van der Waals surface area contributed by atoms with Gasteiger partial charge in [-0.3, -0.25) is 0 Å². The molecule has 0 aliphatic rings. The molecule has 0 aliphatic carbocycles. The molecular weight excluding hydrogens is 292 g/mol. The van der Waals surface area contributed by atoms with Gasteiger partial charge in [-0.2, -0.15) is 0 Å². The lowest BCUT2D eigenvalue weighted by molar-refractivity contribution is 0.0285. The second-order valence-corrected chi connectivity index (χ2v) is 6.45. The summed E-state index contributed by atoms with van der Waals surface area (Å²) >= 11 is 3.30. The van der Waals surface area contributed by atoms with Crippen LogP contribution in [0.25, 0.3) is 0 Å². The van der Waals surface area contributed by atoms with Crippen LogP contribution in [0.15, 0.2) is 29.1 Å². The van der Waals surface area contributed by atoms with Crippen molar-refractivity contribution in [3.05, 3.63) is 39.0 Å². The third kappa shape index (κ3) is 4.96. The van der Waals surface area contributed by atoms with Gasteiger partial charge >= 0.3 is 0 Å². The zero-order chi connectivity index (χ0) is 14.2. The van der Waals surface area contributed by atoms with Gasteiger partial charge in [-0.05, 0) is 17.9 Å². The largest absolute Gasteiger partial charge is 0.389 e.